The van der Waals surface area contributed by atoms with E-state index in [0.29, 0.717) is 19.4 Å². The Balaban J connectivity index is 1.95. The van der Waals surface area contributed by atoms with Crippen LogP contribution in [0.1, 0.15) is 361 Å². The lowest BCUT2D eigenvalue weighted by atomic mass is 9.99. The van der Waals surface area contributed by atoms with E-state index in [0.717, 1.165) is 83.5 Å². The minimum atomic E-state index is -1.58. The second kappa shape index (κ2) is 70.2. The molecule has 0 saturated carbocycles. The van der Waals surface area contributed by atoms with E-state index < -0.39 is 49.5 Å². The van der Waals surface area contributed by atoms with Crippen molar-refractivity contribution in [3.05, 3.63) is 85.1 Å². The summed E-state index contributed by atoms with van der Waals surface area (Å²) in [6.45, 7) is 4.27. The molecule has 1 fully saturated rings. The molecule has 1 rings (SSSR count). The second-order valence-corrected chi connectivity index (χ2v) is 27.0. The van der Waals surface area contributed by atoms with Gasteiger partial charge in [0.15, 0.2) is 6.29 Å². The lowest BCUT2D eigenvalue weighted by Gasteiger charge is -2.40. The average Bonchev–Trinajstić information content (AvgIpc) is 0.930. The highest BCUT2D eigenvalue weighted by Gasteiger charge is 2.44. The first-order valence-corrected chi connectivity index (χ1v) is 39.4. The van der Waals surface area contributed by atoms with Crippen molar-refractivity contribution in [3.8, 4) is 0 Å². The van der Waals surface area contributed by atoms with Crippen LogP contribution in [-0.4, -0.2) is 100 Å². The predicted molar refractivity (Wildman–Crippen MR) is 393 cm³/mol. The number of hydrogen-bond donors (Lipinski definition) is 6. The zero-order chi connectivity index (χ0) is 67.2. The SMILES string of the molecule is CCC/C=C\C/C=C\CCCCCCCC(=O)OCCCCCCCCCCCCCCC/C=C\C/C=C\CCCCCCCCCCCCCCCCCCCC(=O)NC(COC1OC(CO)C(O)C(O)C1O)C(O)/C=C/CC/C=C/CC/C=C/CCCCCCC. The fourth-order valence-corrected chi connectivity index (χ4v) is 12.0. The number of unbranched alkanes of at least 4 members (excludes halogenated alkanes) is 43. The van der Waals surface area contributed by atoms with Crippen molar-refractivity contribution in [3.63, 3.8) is 0 Å². The number of nitrogens with one attached hydrogen (secondary N) is 1. The van der Waals surface area contributed by atoms with Crippen molar-refractivity contribution < 1.29 is 49.3 Å². The van der Waals surface area contributed by atoms with Crippen molar-refractivity contribution >= 4 is 11.9 Å². The third-order valence-electron chi connectivity index (χ3n) is 18.2. The monoisotopic (exact) mass is 1310 g/mol. The van der Waals surface area contributed by atoms with Crippen molar-refractivity contribution in [2.24, 2.45) is 0 Å². The number of aliphatic hydroxyl groups excluding tert-OH is 5. The van der Waals surface area contributed by atoms with E-state index in [1.54, 1.807) is 6.08 Å². The molecule has 1 heterocycles. The first-order chi connectivity index (χ1) is 45.7. The number of rotatable bonds is 69. The fraction of sp³-hybridized carbons (Fsp3) is 0.805. The summed E-state index contributed by atoms with van der Waals surface area (Å²) in [6, 6.07) is -0.835. The van der Waals surface area contributed by atoms with Crippen LogP contribution in [0.2, 0.25) is 0 Å². The van der Waals surface area contributed by atoms with Crippen LogP contribution in [0.3, 0.4) is 0 Å². The molecule has 540 valence electrons. The summed E-state index contributed by atoms with van der Waals surface area (Å²) >= 11 is 0. The number of allylic oxidation sites excluding steroid dienone is 13. The Labute approximate surface area is 572 Å². The molecule has 11 nitrogen and oxygen atoms in total. The lowest BCUT2D eigenvalue weighted by molar-refractivity contribution is -0.302. The number of amides is 1. The van der Waals surface area contributed by atoms with Gasteiger partial charge in [0, 0.05) is 12.8 Å². The predicted octanol–water partition coefficient (Wildman–Crippen LogP) is 21.2. The Bertz CT molecular complexity index is 1820. The van der Waals surface area contributed by atoms with Gasteiger partial charge < -0.3 is 45.1 Å². The van der Waals surface area contributed by atoms with Gasteiger partial charge in [-0.05, 0) is 116 Å². The van der Waals surface area contributed by atoms with E-state index in [9.17, 15) is 35.1 Å². The third kappa shape index (κ3) is 58.7. The van der Waals surface area contributed by atoms with Crippen LogP contribution < -0.4 is 5.32 Å². The molecule has 6 N–H and O–H groups in total. The first kappa shape index (κ1) is 87.9. The molecule has 7 unspecified atom stereocenters. The van der Waals surface area contributed by atoms with E-state index in [1.165, 1.54) is 250 Å². The Morgan fingerprint density at radius 2 is 0.753 bits per heavy atom. The summed E-state index contributed by atoms with van der Waals surface area (Å²) in [4.78, 5) is 25.1. The molecular formula is C82H147NO10. The Morgan fingerprint density at radius 3 is 1.17 bits per heavy atom. The molecule has 7 atom stereocenters. The standard InChI is InChI=1S/C82H147NO10/c1-3-5-7-9-11-13-15-17-41-45-48-52-56-60-64-68-75(85)74(73-92-82-81(90)80(89)79(88)76(72-84)93-82)83-77(86)69-65-61-57-53-49-46-42-39-37-35-33-31-29-27-25-23-21-19-18-20-22-24-26-28-30-32-34-36-38-40-43-47-51-55-59-63-67-71-91-78(87)70-66-62-58-54-50-44-16-14-12-10-8-6-4-2/h8,10,14-18,20,24,26,48,52,64,68,74-76,79-82,84-85,88-90H,3-7,9,11-13,19,21-23,25,27-47,49-51,53-63,65-67,69-73H2,1-2H3,(H,83,86)/b10-8-,16-14-,17-15+,20-18-,26-24-,52-48+,68-64+. The Kier molecular flexibility index (Phi) is 66.3. The maximum absolute atomic E-state index is 13.1. The number of hydrogen-bond acceptors (Lipinski definition) is 10. The molecule has 1 amide bonds. The van der Waals surface area contributed by atoms with Crippen LogP contribution in [0.15, 0.2) is 85.1 Å². The molecule has 1 aliphatic heterocycles. The van der Waals surface area contributed by atoms with Gasteiger partial charge in [-0.1, -0.05) is 317 Å². The Hall–Kier alpha value is -3.16. The van der Waals surface area contributed by atoms with E-state index >= 15 is 0 Å². The number of esters is 1. The maximum atomic E-state index is 13.1. The highest BCUT2D eigenvalue weighted by Crippen LogP contribution is 2.23. The average molecular weight is 1310 g/mol. The van der Waals surface area contributed by atoms with Gasteiger partial charge in [-0.25, -0.2) is 0 Å². The summed E-state index contributed by atoms with van der Waals surface area (Å²) in [5.41, 5.74) is 0. The van der Waals surface area contributed by atoms with E-state index in [4.69, 9.17) is 14.2 Å². The summed E-state index contributed by atoms with van der Waals surface area (Å²) in [6.07, 6.45) is 87.5. The molecule has 0 aromatic carbocycles. The zero-order valence-electron chi connectivity index (χ0n) is 60.2. The third-order valence-corrected chi connectivity index (χ3v) is 18.2. The van der Waals surface area contributed by atoms with Gasteiger partial charge in [-0.3, -0.25) is 9.59 Å². The molecule has 93 heavy (non-hydrogen) atoms. The Morgan fingerprint density at radius 1 is 0.398 bits per heavy atom. The molecule has 0 aliphatic carbocycles. The van der Waals surface area contributed by atoms with Crippen LogP contribution in [0.4, 0.5) is 0 Å². The topological polar surface area (TPSA) is 175 Å². The van der Waals surface area contributed by atoms with E-state index in [2.05, 4.69) is 92.1 Å². The molecule has 1 aliphatic rings. The van der Waals surface area contributed by atoms with E-state index in [1.807, 2.05) is 6.08 Å². The summed E-state index contributed by atoms with van der Waals surface area (Å²) in [7, 11) is 0. The molecule has 1 saturated heterocycles. The van der Waals surface area contributed by atoms with Gasteiger partial charge in [-0.15, -0.1) is 0 Å². The summed E-state index contributed by atoms with van der Waals surface area (Å²) in [5.74, 6) is -0.196. The largest absolute Gasteiger partial charge is 0.466 e. The van der Waals surface area contributed by atoms with Crippen molar-refractivity contribution in [2.75, 3.05) is 19.8 Å². The molecule has 0 radical (unpaired) electrons. The number of aliphatic hydroxyl groups is 5. The van der Waals surface area contributed by atoms with Gasteiger partial charge in [0.25, 0.3) is 0 Å². The van der Waals surface area contributed by atoms with Gasteiger partial charge in [0.05, 0.1) is 32.0 Å². The summed E-state index contributed by atoms with van der Waals surface area (Å²) in [5, 5.41) is 54.6. The van der Waals surface area contributed by atoms with Crippen molar-refractivity contribution in [2.45, 2.75) is 403 Å². The van der Waals surface area contributed by atoms with Crippen LogP contribution in [0.25, 0.3) is 0 Å². The first-order valence-electron chi connectivity index (χ1n) is 39.4. The van der Waals surface area contributed by atoms with Crippen LogP contribution in [-0.2, 0) is 23.8 Å². The molecule has 11 heteroatoms. The summed E-state index contributed by atoms with van der Waals surface area (Å²) < 4.78 is 16.7. The van der Waals surface area contributed by atoms with Crippen LogP contribution in [0.5, 0.6) is 0 Å². The normalized spacial score (nSPS) is 17.9. The van der Waals surface area contributed by atoms with Crippen molar-refractivity contribution in [1.29, 1.82) is 0 Å². The fourth-order valence-electron chi connectivity index (χ4n) is 12.0. The highest BCUT2D eigenvalue weighted by atomic mass is 16.7. The molecular weight excluding hydrogens is 1160 g/mol. The lowest BCUT2D eigenvalue weighted by Crippen LogP contribution is -2.60. The number of carbonyl (C=O) groups is 2. The second-order valence-electron chi connectivity index (χ2n) is 27.0. The van der Waals surface area contributed by atoms with Gasteiger partial charge >= 0.3 is 5.97 Å². The quantitative estimate of drug-likeness (QED) is 0.0195. The zero-order valence-corrected chi connectivity index (χ0v) is 60.2. The molecule has 0 aromatic rings. The minimum absolute atomic E-state index is 0.00350. The smallest absolute Gasteiger partial charge is 0.305 e. The molecule has 0 aromatic heterocycles. The molecule has 0 bridgehead atoms. The van der Waals surface area contributed by atoms with Crippen LogP contribution >= 0.6 is 0 Å². The number of carbonyl (C=O) groups excluding carboxylic acids is 2. The van der Waals surface area contributed by atoms with E-state index in [-0.39, 0.29) is 18.5 Å². The number of ether oxygens (including phenoxy) is 3. The minimum Gasteiger partial charge on any atom is -0.466 e. The highest BCUT2D eigenvalue weighted by molar-refractivity contribution is 5.76. The van der Waals surface area contributed by atoms with Gasteiger partial charge in [0.1, 0.15) is 24.4 Å². The van der Waals surface area contributed by atoms with Gasteiger partial charge in [-0.2, -0.15) is 0 Å². The van der Waals surface area contributed by atoms with Crippen LogP contribution in [0, 0.1) is 0 Å². The molecule has 0 spiro atoms. The van der Waals surface area contributed by atoms with Gasteiger partial charge in [0.2, 0.25) is 5.91 Å². The maximum Gasteiger partial charge on any atom is 0.305 e. The van der Waals surface area contributed by atoms with Crippen molar-refractivity contribution in [1.82, 2.24) is 5.32 Å².